The van der Waals surface area contributed by atoms with Crippen molar-refractivity contribution in [3.8, 4) is 0 Å². The summed E-state index contributed by atoms with van der Waals surface area (Å²) in [6.45, 7) is 8.49. The number of carbonyl (C=O) groups excluding carboxylic acids is 1. The van der Waals surface area contributed by atoms with Gasteiger partial charge in [-0.15, -0.1) is 0 Å². The van der Waals surface area contributed by atoms with Gasteiger partial charge in [-0.2, -0.15) is 0 Å². The molecule has 1 aliphatic heterocycles. The second-order valence-electron chi connectivity index (χ2n) is 7.31. The number of anilines is 1. The molecule has 0 aliphatic carbocycles. The van der Waals surface area contributed by atoms with Crippen LogP contribution in [0.1, 0.15) is 38.3 Å². The van der Waals surface area contributed by atoms with E-state index in [1.165, 1.54) is 5.56 Å². The van der Waals surface area contributed by atoms with E-state index in [-0.39, 0.29) is 18.1 Å². The third-order valence-electron chi connectivity index (χ3n) is 5.56. The number of hydrogen-bond acceptors (Lipinski definition) is 5. The number of hydrogen-bond donors (Lipinski definition) is 2. The zero-order valence-corrected chi connectivity index (χ0v) is 17.4. The molecule has 1 saturated heterocycles. The van der Waals surface area contributed by atoms with Gasteiger partial charge in [-0.25, -0.2) is 14.8 Å². The van der Waals surface area contributed by atoms with Crippen LogP contribution in [0.2, 0.25) is 0 Å². The largest absolute Gasteiger partial charge is 0.341 e. The number of nitrogens with one attached hydrogen (secondary N) is 2. The van der Waals surface area contributed by atoms with Crippen molar-refractivity contribution in [2.75, 3.05) is 37.6 Å². The van der Waals surface area contributed by atoms with Gasteiger partial charge in [-0.05, 0) is 37.6 Å². The Hall–Kier alpha value is -2.67. The SMILES string of the molecule is CCN(CC)C(CNC(=O)NC1CCN(c2ncccn2)CC1)c1ccccc1. The second-order valence-corrected chi connectivity index (χ2v) is 7.31. The Labute approximate surface area is 173 Å². The van der Waals surface area contributed by atoms with E-state index in [0.29, 0.717) is 6.54 Å². The molecule has 0 spiro atoms. The van der Waals surface area contributed by atoms with Crippen LogP contribution in [-0.2, 0) is 0 Å². The van der Waals surface area contributed by atoms with Gasteiger partial charge >= 0.3 is 6.03 Å². The van der Waals surface area contributed by atoms with Gasteiger partial charge in [-0.1, -0.05) is 44.2 Å². The average Bonchev–Trinajstić information content (AvgIpc) is 2.78. The van der Waals surface area contributed by atoms with E-state index in [1.54, 1.807) is 12.4 Å². The van der Waals surface area contributed by atoms with Crippen LogP contribution in [0.4, 0.5) is 10.7 Å². The van der Waals surface area contributed by atoms with Gasteiger partial charge in [0.15, 0.2) is 0 Å². The minimum atomic E-state index is -0.0903. The fraction of sp³-hybridized carbons (Fsp3) is 0.500. The lowest BCUT2D eigenvalue weighted by atomic mass is 10.0. The van der Waals surface area contributed by atoms with E-state index in [2.05, 4.69) is 68.5 Å². The lowest BCUT2D eigenvalue weighted by Gasteiger charge is -2.33. The van der Waals surface area contributed by atoms with E-state index in [9.17, 15) is 4.79 Å². The molecule has 7 heteroatoms. The number of likely N-dealkylation sites (N-methyl/N-ethyl adjacent to an activating group) is 1. The van der Waals surface area contributed by atoms with Gasteiger partial charge in [0.1, 0.15) is 0 Å². The first-order valence-corrected chi connectivity index (χ1v) is 10.6. The van der Waals surface area contributed by atoms with Crippen molar-refractivity contribution in [1.82, 2.24) is 25.5 Å². The highest BCUT2D eigenvalue weighted by Crippen LogP contribution is 2.19. The Morgan fingerprint density at radius 3 is 2.38 bits per heavy atom. The molecule has 1 aromatic heterocycles. The lowest BCUT2D eigenvalue weighted by Crippen LogP contribution is -2.49. The molecule has 1 aromatic carbocycles. The molecular formula is C22H32N6O. The van der Waals surface area contributed by atoms with Gasteiger partial charge < -0.3 is 15.5 Å². The van der Waals surface area contributed by atoms with Crippen molar-refractivity contribution >= 4 is 12.0 Å². The smallest absolute Gasteiger partial charge is 0.315 e. The topological polar surface area (TPSA) is 73.4 Å². The van der Waals surface area contributed by atoms with Gasteiger partial charge in [0.05, 0.1) is 6.04 Å². The van der Waals surface area contributed by atoms with Gasteiger partial charge in [-0.3, -0.25) is 4.90 Å². The van der Waals surface area contributed by atoms with Crippen LogP contribution in [0.25, 0.3) is 0 Å². The van der Waals surface area contributed by atoms with E-state index in [0.717, 1.165) is 45.0 Å². The minimum absolute atomic E-state index is 0.0903. The molecule has 29 heavy (non-hydrogen) atoms. The Morgan fingerprint density at radius 2 is 1.76 bits per heavy atom. The second kappa shape index (κ2) is 10.8. The molecule has 3 rings (SSSR count). The van der Waals surface area contributed by atoms with Crippen LogP contribution < -0.4 is 15.5 Å². The van der Waals surface area contributed by atoms with Crippen molar-refractivity contribution < 1.29 is 4.79 Å². The normalized spacial score (nSPS) is 15.9. The maximum absolute atomic E-state index is 12.5. The van der Waals surface area contributed by atoms with Crippen LogP contribution in [-0.4, -0.2) is 59.7 Å². The van der Waals surface area contributed by atoms with Crippen LogP contribution >= 0.6 is 0 Å². The zero-order chi connectivity index (χ0) is 20.5. The van der Waals surface area contributed by atoms with E-state index < -0.39 is 0 Å². The number of amides is 2. The molecule has 2 aromatic rings. The standard InChI is InChI=1S/C22H32N6O/c1-3-27(4-2)20(18-9-6-5-7-10-18)17-25-22(29)26-19-11-15-28(16-12-19)21-23-13-8-14-24-21/h5-10,13-14,19-20H,3-4,11-12,15-17H2,1-2H3,(H2,25,26,29). The molecule has 1 aliphatic rings. The fourth-order valence-electron chi connectivity index (χ4n) is 3.90. The molecular weight excluding hydrogens is 364 g/mol. The van der Waals surface area contributed by atoms with E-state index in [1.807, 2.05) is 12.1 Å². The van der Waals surface area contributed by atoms with Crippen molar-refractivity contribution in [3.05, 3.63) is 54.4 Å². The molecule has 2 amide bonds. The third-order valence-corrected chi connectivity index (χ3v) is 5.56. The van der Waals surface area contributed by atoms with Gasteiger partial charge in [0, 0.05) is 38.1 Å². The van der Waals surface area contributed by atoms with E-state index >= 15 is 0 Å². The van der Waals surface area contributed by atoms with E-state index in [4.69, 9.17) is 0 Å². The van der Waals surface area contributed by atoms with Crippen LogP contribution in [0, 0.1) is 0 Å². The molecule has 2 heterocycles. The molecule has 0 bridgehead atoms. The van der Waals surface area contributed by atoms with Crippen molar-refractivity contribution in [2.45, 2.75) is 38.8 Å². The number of carbonyl (C=O) groups is 1. The summed E-state index contributed by atoms with van der Waals surface area (Å²) in [5.74, 6) is 0.764. The quantitative estimate of drug-likeness (QED) is 0.718. The first-order valence-electron chi connectivity index (χ1n) is 10.6. The monoisotopic (exact) mass is 396 g/mol. The summed E-state index contributed by atoms with van der Waals surface area (Å²) in [4.78, 5) is 25.7. The average molecular weight is 397 g/mol. The summed E-state index contributed by atoms with van der Waals surface area (Å²) in [5.41, 5.74) is 1.23. The summed E-state index contributed by atoms with van der Waals surface area (Å²) in [6, 6.07) is 12.5. The maximum Gasteiger partial charge on any atom is 0.315 e. The molecule has 156 valence electrons. The molecule has 0 radical (unpaired) electrons. The Morgan fingerprint density at radius 1 is 1.10 bits per heavy atom. The first kappa shape index (κ1) is 21.0. The third kappa shape index (κ3) is 5.90. The highest BCUT2D eigenvalue weighted by Gasteiger charge is 2.23. The zero-order valence-electron chi connectivity index (χ0n) is 17.4. The van der Waals surface area contributed by atoms with Crippen molar-refractivity contribution in [2.24, 2.45) is 0 Å². The van der Waals surface area contributed by atoms with Gasteiger partial charge in [0.25, 0.3) is 0 Å². The van der Waals surface area contributed by atoms with Gasteiger partial charge in [0.2, 0.25) is 5.95 Å². The van der Waals surface area contributed by atoms with Crippen molar-refractivity contribution in [3.63, 3.8) is 0 Å². The molecule has 7 nitrogen and oxygen atoms in total. The Balaban J connectivity index is 1.48. The summed E-state index contributed by atoms with van der Waals surface area (Å²) in [5, 5.41) is 6.23. The lowest BCUT2D eigenvalue weighted by molar-refractivity contribution is 0.204. The number of aromatic nitrogens is 2. The molecule has 0 saturated carbocycles. The van der Waals surface area contributed by atoms with Crippen molar-refractivity contribution in [1.29, 1.82) is 0 Å². The number of rotatable bonds is 8. The predicted octanol–water partition coefficient (Wildman–Crippen LogP) is 2.83. The molecule has 1 unspecified atom stereocenters. The molecule has 1 fully saturated rings. The van der Waals surface area contributed by atoms with Crippen LogP contribution in [0.15, 0.2) is 48.8 Å². The molecule has 1 atom stereocenters. The summed E-state index contributed by atoms with van der Waals surface area (Å²) < 4.78 is 0. The number of piperidine rings is 1. The predicted molar refractivity (Wildman–Crippen MR) is 116 cm³/mol. The minimum Gasteiger partial charge on any atom is -0.341 e. The number of urea groups is 1. The fourth-order valence-corrected chi connectivity index (χ4v) is 3.90. The highest BCUT2D eigenvalue weighted by atomic mass is 16.2. The Kier molecular flexibility index (Phi) is 7.81. The highest BCUT2D eigenvalue weighted by molar-refractivity contribution is 5.74. The summed E-state index contributed by atoms with van der Waals surface area (Å²) >= 11 is 0. The maximum atomic E-state index is 12.5. The summed E-state index contributed by atoms with van der Waals surface area (Å²) in [6.07, 6.45) is 5.31. The van der Waals surface area contributed by atoms with Crippen LogP contribution in [0.5, 0.6) is 0 Å². The van der Waals surface area contributed by atoms with Crippen LogP contribution in [0.3, 0.4) is 0 Å². The molecule has 2 N–H and O–H groups in total. The Bertz CT molecular complexity index is 729. The number of nitrogens with zero attached hydrogens (tertiary/aromatic N) is 4. The summed E-state index contributed by atoms with van der Waals surface area (Å²) in [7, 11) is 0. The number of benzene rings is 1. The first-order chi connectivity index (χ1) is 14.2.